The van der Waals surface area contributed by atoms with Gasteiger partial charge >= 0.3 is 5.97 Å². The van der Waals surface area contributed by atoms with Crippen LogP contribution >= 0.6 is 15.9 Å². The zero-order chi connectivity index (χ0) is 14.9. The Hall–Kier alpha value is -1.95. The van der Waals surface area contributed by atoms with Crippen molar-refractivity contribution in [2.45, 2.75) is 13.5 Å². The molecule has 0 unspecified atom stereocenters. The highest BCUT2D eigenvalue weighted by Gasteiger charge is 2.12. The van der Waals surface area contributed by atoms with Crippen LogP contribution in [0.15, 0.2) is 39.7 Å². The highest BCUT2D eigenvalue weighted by Crippen LogP contribution is 2.16. The molecular weight excluding hydrogens is 329 g/mol. The zero-order valence-electron chi connectivity index (χ0n) is 10.6. The van der Waals surface area contributed by atoms with Crippen LogP contribution in [0.5, 0.6) is 0 Å². The minimum atomic E-state index is -1.29. The van der Waals surface area contributed by atoms with Crippen molar-refractivity contribution < 1.29 is 14.3 Å². The molecule has 0 aliphatic rings. The third kappa shape index (κ3) is 2.96. The highest BCUT2D eigenvalue weighted by atomic mass is 79.9. The number of pyridine rings is 1. The molecule has 6 heteroatoms. The zero-order valence-corrected chi connectivity index (χ0v) is 12.1. The second kappa shape index (κ2) is 5.58. The summed E-state index contributed by atoms with van der Waals surface area (Å²) in [5.41, 5.74) is 0.106. The summed E-state index contributed by atoms with van der Waals surface area (Å²) in [5.74, 6) is -1.69. The van der Waals surface area contributed by atoms with E-state index in [1.54, 1.807) is 19.1 Å². The van der Waals surface area contributed by atoms with Crippen molar-refractivity contribution >= 4 is 21.9 Å². The monoisotopic (exact) mass is 339 g/mol. The third-order valence-electron chi connectivity index (χ3n) is 2.93. The van der Waals surface area contributed by atoms with Gasteiger partial charge in [-0.15, -0.1) is 0 Å². The first-order valence-corrected chi connectivity index (χ1v) is 6.56. The molecule has 0 fully saturated rings. The van der Waals surface area contributed by atoms with Gasteiger partial charge in [0.25, 0.3) is 0 Å². The molecule has 0 atom stereocenters. The Kier molecular flexibility index (Phi) is 4.04. The van der Waals surface area contributed by atoms with Gasteiger partial charge in [-0.05, 0) is 19.1 Å². The van der Waals surface area contributed by atoms with E-state index in [0.717, 1.165) is 0 Å². The minimum Gasteiger partial charge on any atom is -0.477 e. The maximum Gasteiger partial charge on any atom is 0.341 e. The van der Waals surface area contributed by atoms with Gasteiger partial charge in [0, 0.05) is 28.0 Å². The standard InChI is InChI=1S/C14H11BrFNO3/c1-8-4-13(18)11(14(19)20)7-17(8)6-9-2-3-10(15)5-12(9)16/h2-5,7H,6H2,1H3,(H,19,20). The van der Waals surface area contributed by atoms with Gasteiger partial charge in [0.05, 0.1) is 6.54 Å². The number of rotatable bonds is 3. The van der Waals surface area contributed by atoms with Crippen molar-refractivity contribution in [3.63, 3.8) is 0 Å². The number of halogens is 2. The number of carboxylic acids is 1. The maximum atomic E-state index is 13.8. The predicted octanol–water partition coefficient (Wildman–Crippen LogP) is 2.80. The second-order valence-electron chi connectivity index (χ2n) is 4.36. The molecule has 104 valence electrons. The molecule has 4 nitrogen and oxygen atoms in total. The number of benzene rings is 1. The third-order valence-corrected chi connectivity index (χ3v) is 3.42. The number of aromatic carboxylic acids is 1. The minimum absolute atomic E-state index is 0.158. The molecular formula is C14H11BrFNO3. The van der Waals surface area contributed by atoms with Gasteiger partial charge in [0.1, 0.15) is 11.4 Å². The van der Waals surface area contributed by atoms with Gasteiger partial charge in [-0.3, -0.25) is 4.79 Å². The molecule has 1 aromatic heterocycles. The van der Waals surface area contributed by atoms with E-state index < -0.39 is 17.2 Å². The fourth-order valence-electron chi connectivity index (χ4n) is 1.84. The number of aromatic nitrogens is 1. The Balaban J connectivity index is 2.45. The van der Waals surface area contributed by atoms with E-state index in [2.05, 4.69) is 15.9 Å². The van der Waals surface area contributed by atoms with E-state index in [-0.39, 0.29) is 12.1 Å². The van der Waals surface area contributed by atoms with E-state index in [9.17, 15) is 14.0 Å². The fraction of sp³-hybridized carbons (Fsp3) is 0.143. The quantitative estimate of drug-likeness (QED) is 0.935. The second-order valence-corrected chi connectivity index (χ2v) is 5.28. The van der Waals surface area contributed by atoms with Gasteiger partial charge in [-0.1, -0.05) is 22.0 Å². The molecule has 0 aliphatic carbocycles. The molecule has 0 bridgehead atoms. The molecule has 2 aromatic rings. The predicted molar refractivity (Wildman–Crippen MR) is 75.6 cm³/mol. The average molecular weight is 340 g/mol. The molecule has 20 heavy (non-hydrogen) atoms. The summed E-state index contributed by atoms with van der Waals surface area (Å²) in [6.07, 6.45) is 1.24. The SMILES string of the molecule is Cc1cc(=O)c(C(=O)O)cn1Cc1ccc(Br)cc1F. The molecule has 0 spiro atoms. The maximum absolute atomic E-state index is 13.8. The van der Waals surface area contributed by atoms with Gasteiger partial charge in [-0.2, -0.15) is 0 Å². The molecule has 0 saturated heterocycles. The first-order valence-electron chi connectivity index (χ1n) is 5.77. The van der Waals surface area contributed by atoms with Crippen molar-refractivity contribution in [1.29, 1.82) is 0 Å². The van der Waals surface area contributed by atoms with Crippen molar-refractivity contribution in [2.24, 2.45) is 0 Å². The molecule has 2 rings (SSSR count). The van der Waals surface area contributed by atoms with Crippen molar-refractivity contribution in [1.82, 2.24) is 4.57 Å². The molecule has 0 aliphatic heterocycles. The van der Waals surface area contributed by atoms with Crippen LogP contribution in [-0.2, 0) is 6.54 Å². The smallest absolute Gasteiger partial charge is 0.341 e. The summed E-state index contributed by atoms with van der Waals surface area (Å²) in [5, 5.41) is 8.94. The Labute approximate surface area is 122 Å². The molecule has 0 saturated carbocycles. The summed E-state index contributed by atoms with van der Waals surface area (Å²) in [4.78, 5) is 22.5. The van der Waals surface area contributed by atoms with Crippen LogP contribution in [0, 0.1) is 12.7 Å². The lowest BCUT2D eigenvalue weighted by atomic mass is 10.2. The van der Waals surface area contributed by atoms with Crippen molar-refractivity contribution in [3.8, 4) is 0 Å². The van der Waals surface area contributed by atoms with Gasteiger partial charge in [0.15, 0.2) is 5.43 Å². The van der Waals surface area contributed by atoms with Crippen molar-refractivity contribution in [2.75, 3.05) is 0 Å². The summed E-state index contributed by atoms with van der Waals surface area (Å²) in [6, 6.07) is 5.89. The summed E-state index contributed by atoms with van der Waals surface area (Å²) < 4.78 is 16.0. The van der Waals surface area contributed by atoms with Gasteiger partial charge < -0.3 is 9.67 Å². The Morgan fingerprint density at radius 2 is 2.10 bits per heavy atom. The van der Waals surface area contributed by atoms with Crippen LogP contribution in [0.3, 0.4) is 0 Å². The van der Waals surface area contributed by atoms with Gasteiger partial charge in [0.2, 0.25) is 0 Å². The molecule has 0 radical (unpaired) electrons. The summed E-state index contributed by atoms with van der Waals surface area (Å²) in [7, 11) is 0. The number of carboxylic acid groups (broad SMARTS) is 1. The van der Waals surface area contributed by atoms with E-state index >= 15 is 0 Å². The number of carbonyl (C=O) groups is 1. The molecule has 1 aromatic carbocycles. The lowest BCUT2D eigenvalue weighted by Crippen LogP contribution is -2.19. The molecule has 1 heterocycles. The van der Waals surface area contributed by atoms with Crippen LogP contribution in [0.2, 0.25) is 0 Å². The summed E-state index contributed by atoms with van der Waals surface area (Å²) in [6.45, 7) is 1.83. The number of nitrogens with zero attached hydrogens (tertiary/aromatic N) is 1. The highest BCUT2D eigenvalue weighted by molar-refractivity contribution is 9.10. The Morgan fingerprint density at radius 3 is 2.70 bits per heavy atom. The van der Waals surface area contributed by atoms with E-state index in [1.807, 2.05) is 0 Å². The molecule has 0 amide bonds. The first-order chi connectivity index (χ1) is 9.38. The van der Waals surface area contributed by atoms with Crippen LogP contribution < -0.4 is 5.43 Å². The molecule has 1 N–H and O–H groups in total. The number of hydrogen-bond donors (Lipinski definition) is 1. The normalized spacial score (nSPS) is 10.6. The Bertz CT molecular complexity index is 740. The lowest BCUT2D eigenvalue weighted by Gasteiger charge is -2.12. The van der Waals surface area contributed by atoms with E-state index in [4.69, 9.17) is 5.11 Å². The first kappa shape index (κ1) is 14.5. The fourth-order valence-corrected chi connectivity index (χ4v) is 2.17. The van der Waals surface area contributed by atoms with E-state index in [0.29, 0.717) is 15.7 Å². The average Bonchev–Trinajstić information content (AvgIpc) is 2.35. The lowest BCUT2D eigenvalue weighted by molar-refractivity contribution is 0.0694. The van der Waals surface area contributed by atoms with Crippen LogP contribution in [0.1, 0.15) is 21.6 Å². The van der Waals surface area contributed by atoms with Crippen LogP contribution in [0.25, 0.3) is 0 Å². The van der Waals surface area contributed by atoms with Crippen molar-refractivity contribution in [3.05, 3.63) is 67.8 Å². The Morgan fingerprint density at radius 1 is 1.40 bits per heavy atom. The number of aryl methyl sites for hydroxylation is 1. The van der Waals surface area contributed by atoms with Gasteiger partial charge in [-0.25, -0.2) is 9.18 Å². The van der Waals surface area contributed by atoms with Crippen LogP contribution in [0.4, 0.5) is 4.39 Å². The topological polar surface area (TPSA) is 59.3 Å². The van der Waals surface area contributed by atoms with Crippen LogP contribution in [-0.4, -0.2) is 15.6 Å². The van der Waals surface area contributed by atoms with E-state index in [1.165, 1.54) is 22.9 Å². The largest absolute Gasteiger partial charge is 0.477 e. The summed E-state index contributed by atoms with van der Waals surface area (Å²) >= 11 is 3.17. The number of hydrogen-bond acceptors (Lipinski definition) is 2.